The highest BCUT2D eigenvalue weighted by Crippen LogP contribution is 2.35. The minimum absolute atomic E-state index is 0.116. The van der Waals surface area contributed by atoms with Crippen molar-refractivity contribution in [3.63, 3.8) is 0 Å². The third-order valence-corrected chi connectivity index (χ3v) is 9.93. The molecule has 1 aliphatic rings. The number of thioether (sulfide) groups is 1. The lowest BCUT2D eigenvalue weighted by Crippen LogP contribution is -2.28. The van der Waals surface area contributed by atoms with E-state index in [9.17, 15) is 9.59 Å². The molecule has 42 heavy (non-hydrogen) atoms. The van der Waals surface area contributed by atoms with E-state index in [-0.39, 0.29) is 30.2 Å². The summed E-state index contributed by atoms with van der Waals surface area (Å²) < 4.78 is 2.81. The minimum Gasteiger partial charge on any atom is -0.344 e. The Morgan fingerprint density at radius 3 is 2.48 bits per heavy atom. The monoisotopic (exact) mass is 676 g/mol. The molecule has 12 heteroatoms. The molecule has 0 fully saturated rings. The third kappa shape index (κ3) is 6.26. The van der Waals surface area contributed by atoms with Crippen LogP contribution in [-0.2, 0) is 11.3 Å². The van der Waals surface area contributed by atoms with E-state index >= 15 is 0 Å². The van der Waals surface area contributed by atoms with Crippen molar-refractivity contribution in [3.05, 3.63) is 115 Å². The number of amides is 2. The molecule has 0 radical (unpaired) electrons. The van der Waals surface area contributed by atoms with Gasteiger partial charge in [-0.05, 0) is 59.6 Å². The van der Waals surface area contributed by atoms with Gasteiger partial charge in [-0.25, -0.2) is 5.01 Å². The van der Waals surface area contributed by atoms with Crippen molar-refractivity contribution in [2.45, 2.75) is 31.1 Å². The topological polar surface area (TPSA) is 92.5 Å². The molecule has 2 amide bonds. The normalized spacial score (nSPS) is 14.7. The Balaban J connectivity index is 1.24. The molecular formula is C30H25BrN6O2S3. The largest absolute Gasteiger partial charge is 0.344 e. The van der Waals surface area contributed by atoms with Crippen LogP contribution in [0.5, 0.6) is 0 Å². The van der Waals surface area contributed by atoms with Gasteiger partial charge in [0.25, 0.3) is 11.8 Å². The first-order valence-electron chi connectivity index (χ1n) is 13.1. The molecule has 1 atom stereocenters. The molecule has 0 saturated carbocycles. The van der Waals surface area contributed by atoms with Gasteiger partial charge in [0.05, 0.1) is 33.8 Å². The number of carbonyl (C=O) groups is 2. The Kier molecular flexibility index (Phi) is 8.66. The van der Waals surface area contributed by atoms with Crippen molar-refractivity contribution in [2.24, 2.45) is 5.10 Å². The molecule has 2 aromatic carbocycles. The number of hydrazone groups is 1. The van der Waals surface area contributed by atoms with Gasteiger partial charge in [-0.1, -0.05) is 69.7 Å². The lowest BCUT2D eigenvalue weighted by Gasteiger charge is -2.22. The molecule has 0 spiro atoms. The van der Waals surface area contributed by atoms with Gasteiger partial charge in [0, 0.05) is 16.6 Å². The van der Waals surface area contributed by atoms with E-state index in [1.165, 1.54) is 28.7 Å². The van der Waals surface area contributed by atoms with Gasteiger partial charge < -0.3 is 5.32 Å². The van der Waals surface area contributed by atoms with E-state index in [0.717, 1.165) is 26.3 Å². The number of nitrogens with zero attached hydrogens (tertiary/aromatic N) is 5. The number of thiophene rings is 2. The molecule has 5 aromatic rings. The van der Waals surface area contributed by atoms with Crippen LogP contribution < -0.4 is 5.32 Å². The summed E-state index contributed by atoms with van der Waals surface area (Å²) in [6.45, 7) is 2.24. The maximum atomic E-state index is 13.7. The highest BCUT2D eigenvalue weighted by molar-refractivity contribution is 9.10. The first-order valence-corrected chi connectivity index (χ1v) is 16.6. The molecule has 1 aliphatic heterocycles. The molecule has 6 rings (SSSR count). The summed E-state index contributed by atoms with van der Waals surface area (Å²) in [6, 6.07) is 23.5. The molecule has 1 N–H and O–H groups in total. The predicted molar refractivity (Wildman–Crippen MR) is 172 cm³/mol. The van der Waals surface area contributed by atoms with Crippen LogP contribution in [0.25, 0.3) is 5.69 Å². The number of hydrogen-bond donors (Lipinski definition) is 1. The molecule has 0 bridgehead atoms. The summed E-state index contributed by atoms with van der Waals surface area (Å²) in [5, 5.41) is 22.6. The molecule has 0 aliphatic carbocycles. The molecule has 3 aromatic heterocycles. The smallest absolute Gasteiger partial charge is 0.261 e. The van der Waals surface area contributed by atoms with Crippen LogP contribution in [0.15, 0.2) is 98.3 Å². The fourth-order valence-corrected chi connectivity index (χ4v) is 7.03. The van der Waals surface area contributed by atoms with Gasteiger partial charge in [-0.2, -0.15) is 5.10 Å². The molecule has 8 nitrogen and oxygen atoms in total. The van der Waals surface area contributed by atoms with Crippen molar-refractivity contribution >= 4 is 67.9 Å². The Morgan fingerprint density at radius 1 is 1.00 bits per heavy atom. The van der Waals surface area contributed by atoms with Crippen molar-refractivity contribution in [1.29, 1.82) is 0 Å². The average molecular weight is 678 g/mol. The molecule has 1 unspecified atom stereocenters. The predicted octanol–water partition coefficient (Wildman–Crippen LogP) is 6.86. The van der Waals surface area contributed by atoms with Gasteiger partial charge >= 0.3 is 0 Å². The lowest BCUT2D eigenvalue weighted by molar-refractivity contribution is -0.130. The first kappa shape index (κ1) is 28.5. The fourth-order valence-electron chi connectivity index (χ4n) is 4.58. The second kappa shape index (κ2) is 12.7. The van der Waals surface area contributed by atoms with Gasteiger partial charge in [-0.3, -0.25) is 14.2 Å². The Hall–Kier alpha value is -3.58. The van der Waals surface area contributed by atoms with Gasteiger partial charge in [0.1, 0.15) is 0 Å². The van der Waals surface area contributed by atoms with E-state index in [4.69, 9.17) is 5.10 Å². The van der Waals surface area contributed by atoms with Crippen LogP contribution in [0.1, 0.15) is 44.0 Å². The van der Waals surface area contributed by atoms with Crippen molar-refractivity contribution in [1.82, 2.24) is 25.1 Å². The number of halogens is 1. The van der Waals surface area contributed by atoms with Gasteiger partial charge in [-0.15, -0.1) is 32.9 Å². The molecule has 4 heterocycles. The number of hydrogen-bond acceptors (Lipinski definition) is 8. The number of rotatable bonds is 9. The van der Waals surface area contributed by atoms with Crippen molar-refractivity contribution < 1.29 is 9.59 Å². The highest BCUT2D eigenvalue weighted by atomic mass is 79.9. The Bertz CT molecular complexity index is 1720. The van der Waals surface area contributed by atoms with E-state index in [0.29, 0.717) is 22.3 Å². The van der Waals surface area contributed by atoms with Crippen LogP contribution in [-0.4, -0.2) is 43.1 Å². The van der Waals surface area contributed by atoms with Crippen LogP contribution in [0.4, 0.5) is 0 Å². The minimum atomic E-state index is -0.178. The second-order valence-electron chi connectivity index (χ2n) is 9.55. The highest BCUT2D eigenvalue weighted by Gasteiger charge is 2.33. The zero-order valence-corrected chi connectivity index (χ0v) is 26.5. The standard InChI is InChI=1S/C30H25BrN6O2S3/c1-19-6-8-20(9-7-19)24-16-23(25-4-2-14-40-25)35-37(24)28(38)18-42-30-34-33-27(17-32-29(39)26-5-3-15-41-26)36(30)22-12-10-21(31)11-13-22/h2-15,24H,16-18H2,1H3,(H,32,39). The maximum Gasteiger partial charge on any atom is 0.261 e. The van der Waals surface area contributed by atoms with Crippen molar-refractivity contribution in [2.75, 3.05) is 5.75 Å². The number of carbonyl (C=O) groups excluding carboxylic acids is 2. The number of aryl methyl sites for hydroxylation is 1. The maximum absolute atomic E-state index is 13.7. The van der Waals surface area contributed by atoms with Gasteiger partial charge in [0.2, 0.25) is 0 Å². The van der Waals surface area contributed by atoms with Crippen LogP contribution >= 0.6 is 50.4 Å². The Morgan fingerprint density at radius 2 is 1.76 bits per heavy atom. The van der Waals surface area contributed by atoms with E-state index in [1.54, 1.807) is 22.4 Å². The second-order valence-corrected chi connectivity index (χ2v) is 13.3. The Labute approximate surface area is 263 Å². The molecule has 0 saturated heterocycles. The lowest BCUT2D eigenvalue weighted by atomic mass is 10.00. The first-order chi connectivity index (χ1) is 20.5. The van der Waals surface area contributed by atoms with Gasteiger partial charge in [0.15, 0.2) is 11.0 Å². The summed E-state index contributed by atoms with van der Waals surface area (Å²) in [6.07, 6.45) is 0.656. The average Bonchev–Trinajstić information content (AvgIpc) is 3.82. The third-order valence-electron chi connectivity index (χ3n) is 6.70. The molecular weight excluding hydrogens is 652 g/mol. The number of benzene rings is 2. The summed E-state index contributed by atoms with van der Waals surface area (Å²) in [7, 11) is 0. The van der Waals surface area contributed by atoms with E-state index in [2.05, 4.69) is 62.6 Å². The summed E-state index contributed by atoms with van der Waals surface area (Å²) in [5.41, 5.74) is 3.96. The number of nitrogens with one attached hydrogen (secondary N) is 1. The SMILES string of the molecule is Cc1ccc(C2CC(c3cccs3)=NN2C(=O)CSc2nnc(CNC(=O)c3cccs3)n2-c2ccc(Br)cc2)cc1. The zero-order chi connectivity index (χ0) is 29.1. The zero-order valence-electron chi connectivity index (χ0n) is 22.4. The fraction of sp³-hybridized carbons (Fsp3) is 0.167. The summed E-state index contributed by atoms with van der Waals surface area (Å²) in [5.74, 6) is 0.402. The number of aromatic nitrogens is 3. The summed E-state index contributed by atoms with van der Waals surface area (Å²) >= 11 is 7.79. The summed E-state index contributed by atoms with van der Waals surface area (Å²) in [4.78, 5) is 28.0. The van der Waals surface area contributed by atoms with Crippen LogP contribution in [0.2, 0.25) is 0 Å². The van der Waals surface area contributed by atoms with Crippen molar-refractivity contribution in [3.8, 4) is 5.69 Å². The van der Waals surface area contributed by atoms with E-state index in [1.807, 2.05) is 57.8 Å². The van der Waals surface area contributed by atoms with E-state index < -0.39 is 0 Å². The quantitative estimate of drug-likeness (QED) is 0.172. The van der Waals surface area contributed by atoms with Crippen LogP contribution in [0.3, 0.4) is 0 Å². The van der Waals surface area contributed by atoms with Crippen LogP contribution in [0, 0.1) is 6.92 Å². The molecule has 212 valence electrons.